The zero-order chi connectivity index (χ0) is 15.8. The van der Waals surface area contributed by atoms with Crippen LogP contribution in [-0.4, -0.2) is 42.9 Å². The number of rotatable bonds is 8. The monoisotopic (exact) mass is 359 g/mol. The van der Waals surface area contributed by atoms with E-state index in [0.717, 1.165) is 32.5 Å². The summed E-state index contributed by atoms with van der Waals surface area (Å²) in [7, 11) is 0. The molecule has 0 aliphatic carbocycles. The van der Waals surface area contributed by atoms with Crippen molar-refractivity contribution in [3.05, 3.63) is 21.9 Å². The third kappa shape index (κ3) is 6.49. The second-order valence-electron chi connectivity index (χ2n) is 5.53. The molecule has 0 unspecified atom stereocenters. The van der Waals surface area contributed by atoms with Crippen molar-refractivity contribution in [2.75, 3.05) is 26.2 Å². The summed E-state index contributed by atoms with van der Waals surface area (Å²) in [5, 5.41) is 8.15. The van der Waals surface area contributed by atoms with Gasteiger partial charge in [-0.05, 0) is 36.4 Å². The molecule has 1 aromatic rings. The SMILES string of the molecule is CCCNCCNC(=O)CCC(=O)N1CCc2sccc2C1.Cl. The van der Waals surface area contributed by atoms with E-state index < -0.39 is 0 Å². The topological polar surface area (TPSA) is 61.4 Å². The number of carbonyl (C=O) groups is 2. The van der Waals surface area contributed by atoms with E-state index in [1.165, 1.54) is 10.4 Å². The summed E-state index contributed by atoms with van der Waals surface area (Å²) >= 11 is 1.76. The Morgan fingerprint density at radius 3 is 2.87 bits per heavy atom. The van der Waals surface area contributed by atoms with Crippen molar-refractivity contribution in [2.24, 2.45) is 0 Å². The molecule has 7 heteroatoms. The number of carbonyl (C=O) groups excluding carboxylic acids is 2. The van der Waals surface area contributed by atoms with Crippen molar-refractivity contribution >= 4 is 35.6 Å². The Morgan fingerprint density at radius 1 is 1.26 bits per heavy atom. The summed E-state index contributed by atoms with van der Waals surface area (Å²) in [5.74, 6) is 0.0380. The van der Waals surface area contributed by atoms with Crippen LogP contribution in [0.5, 0.6) is 0 Å². The number of nitrogens with zero attached hydrogens (tertiary/aromatic N) is 1. The van der Waals surface area contributed by atoms with Crippen molar-refractivity contribution in [3.8, 4) is 0 Å². The Hall–Kier alpha value is -1.11. The van der Waals surface area contributed by atoms with Crippen LogP contribution in [0.25, 0.3) is 0 Å². The van der Waals surface area contributed by atoms with Gasteiger partial charge in [0.15, 0.2) is 0 Å². The Kier molecular flexibility index (Phi) is 9.21. The van der Waals surface area contributed by atoms with Crippen LogP contribution in [0, 0.1) is 0 Å². The van der Waals surface area contributed by atoms with Gasteiger partial charge in [0.05, 0.1) is 0 Å². The molecule has 0 saturated carbocycles. The molecule has 0 aromatic carbocycles. The van der Waals surface area contributed by atoms with E-state index >= 15 is 0 Å². The summed E-state index contributed by atoms with van der Waals surface area (Å²) in [6.45, 7) is 5.94. The highest BCUT2D eigenvalue weighted by atomic mass is 35.5. The van der Waals surface area contributed by atoms with Crippen LogP contribution in [0.4, 0.5) is 0 Å². The molecule has 0 radical (unpaired) electrons. The molecule has 23 heavy (non-hydrogen) atoms. The second kappa shape index (κ2) is 10.6. The zero-order valence-corrected chi connectivity index (χ0v) is 15.2. The highest BCUT2D eigenvalue weighted by Crippen LogP contribution is 2.24. The molecule has 1 aliphatic rings. The second-order valence-corrected chi connectivity index (χ2v) is 6.53. The first-order valence-corrected chi connectivity index (χ1v) is 8.89. The molecule has 130 valence electrons. The highest BCUT2D eigenvalue weighted by Gasteiger charge is 2.21. The van der Waals surface area contributed by atoms with Crippen LogP contribution in [0.15, 0.2) is 11.4 Å². The summed E-state index contributed by atoms with van der Waals surface area (Å²) < 4.78 is 0. The molecule has 0 spiro atoms. The van der Waals surface area contributed by atoms with Crippen LogP contribution in [0.1, 0.15) is 36.6 Å². The van der Waals surface area contributed by atoms with Crippen LogP contribution in [-0.2, 0) is 22.6 Å². The average Bonchev–Trinajstić information content (AvgIpc) is 2.99. The van der Waals surface area contributed by atoms with E-state index in [1.54, 1.807) is 11.3 Å². The predicted molar refractivity (Wildman–Crippen MR) is 96.1 cm³/mol. The number of thiophene rings is 1. The first-order valence-electron chi connectivity index (χ1n) is 8.01. The van der Waals surface area contributed by atoms with E-state index in [2.05, 4.69) is 29.0 Å². The highest BCUT2D eigenvalue weighted by molar-refractivity contribution is 7.10. The maximum Gasteiger partial charge on any atom is 0.223 e. The summed E-state index contributed by atoms with van der Waals surface area (Å²) in [6.07, 6.45) is 2.60. The Balaban J connectivity index is 0.00000264. The zero-order valence-electron chi connectivity index (χ0n) is 13.6. The van der Waals surface area contributed by atoms with Gasteiger partial charge in [-0.1, -0.05) is 6.92 Å². The Bertz CT molecular complexity index is 507. The van der Waals surface area contributed by atoms with Crippen molar-refractivity contribution in [1.82, 2.24) is 15.5 Å². The van der Waals surface area contributed by atoms with Gasteiger partial charge in [0.1, 0.15) is 0 Å². The Morgan fingerprint density at radius 2 is 2.09 bits per heavy atom. The fourth-order valence-corrected chi connectivity index (χ4v) is 3.41. The summed E-state index contributed by atoms with van der Waals surface area (Å²) in [5.41, 5.74) is 1.26. The Labute approximate surface area is 148 Å². The van der Waals surface area contributed by atoms with E-state index in [4.69, 9.17) is 0 Å². The molecule has 2 amide bonds. The first kappa shape index (κ1) is 19.9. The van der Waals surface area contributed by atoms with Crippen molar-refractivity contribution in [1.29, 1.82) is 0 Å². The summed E-state index contributed by atoms with van der Waals surface area (Å²) in [4.78, 5) is 27.2. The van der Waals surface area contributed by atoms with Crippen LogP contribution < -0.4 is 10.6 Å². The van der Waals surface area contributed by atoms with E-state index in [-0.39, 0.29) is 30.6 Å². The van der Waals surface area contributed by atoms with Crippen molar-refractivity contribution in [3.63, 3.8) is 0 Å². The van der Waals surface area contributed by atoms with E-state index in [1.807, 2.05) is 4.90 Å². The standard InChI is InChI=1S/C16H25N3O2S.ClH/c1-2-7-17-8-9-18-15(20)3-4-16(21)19-10-5-14-13(12-19)6-11-22-14;/h6,11,17H,2-5,7-10,12H2,1H3,(H,18,20);1H. The quantitative estimate of drug-likeness (QED) is 0.697. The largest absolute Gasteiger partial charge is 0.355 e. The van der Waals surface area contributed by atoms with Crippen molar-refractivity contribution in [2.45, 2.75) is 39.2 Å². The molecule has 0 saturated heterocycles. The maximum absolute atomic E-state index is 12.2. The minimum atomic E-state index is -0.0418. The van der Waals surface area contributed by atoms with Gasteiger partial charge in [0.2, 0.25) is 11.8 Å². The lowest BCUT2D eigenvalue weighted by Crippen LogP contribution is -2.36. The lowest BCUT2D eigenvalue weighted by molar-refractivity contribution is -0.134. The van der Waals surface area contributed by atoms with Crippen LogP contribution in [0.2, 0.25) is 0 Å². The molecule has 2 heterocycles. The molecule has 2 rings (SSSR count). The number of nitrogens with one attached hydrogen (secondary N) is 2. The predicted octanol–water partition coefficient (Wildman–Crippen LogP) is 1.95. The van der Waals surface area contributed by atoms with Gasteiger partial charge in [-0.2, -0.15) is 0 Å². The normalized spacial score (nSPS) is 13.2. The molecule has 2 N–H and O–H groups in total. The number of hydrogen-bond donors (Lipinski definition) is 2. The molecule has 5 nitrogen and oxygen atoms in total. The third-order valence-corrected chi connectivity index (χ3v) is 4.80. The minimum Gasteiger partial charge on any atom is -0.355 e. The van der Waals surface area contributed by atoms with Gasteiger partial charge >= 0.3 is 0 Å². The minimum absolute atomic E-state index is 0. The van der Waals surface area contributed by atoms with Gasteiger partial charge in [0, 0.05) is 43.9 Å². The molecule has 1 aliphatic heterocycles. The number of halogens is 1. The van der Waals surface area contributed by atoms with Gasteiger partial charge in [-0.25, -0.2) is 0 Å². The molecule has 1 aromatic heterocycles. The number of amides is 2. The summed E-state index contributed by atoms with van der Waals surface area (Å²) in [6, 6.07) is 2.09. The fraction of sp³-hybridized carbons (Fsp3) is 0.625. The van der Waals surface area contributed by atoms with Crippen molar-refractivity contribution < 1.29 is 9.59 Å². The van der Waals surface area contributed by atoms with Gasteiger partial charge in [0.25, 0.3) is 0 Å². The first-order chi connectivity index (χ1) is 10.7. The number of hydrogen-bond acceptors (Lipinski definition) is 4. The molecular formula is C16H26ClN3O2S. The smallest absolute Gasteiger partial charge is 0.223 e. The molecule has 0 fully saturated rings. The average molecular weight is 360 g/mol. The fourth-order valence-electron chi connectivity index (χ4n) is 2.52. The van der Waals surface area contributed by atoms with Gasteiger partial charge < -0.3 is 15.5 Å². The molecule has 0 atom stereocenters. The van der Waals surface area contributed by atoms with E-state index in [0.29, 0.717) is 19.5 Å². The van der Waals surface area contributed by atoms with Gasteiger partial charge in [-0.15, -0.1) is 23.7 Å². The lowest BCUT2D eigenvalue weighted by Gasteiger charge is -2.27. The number of fused-ring (bicyclic) bond motifs is 1. The van der Waals surface area contributed by atoms with Crippen LogP contribution in [0.3, 0.4) is 0 Å². The van der Waals surface area contributed by atoms with Crippen LogP contribution >= 0.6 is 23.7 Å². The molecular weight excluding hydrogens is 334 g/mol. The third-order valence-electron chi connectivity index (χ3n) is 3.78. The molecule has 0 bridgehead atoms. The lowest BCUT2D eigenvalue weighted by atomic mass is 10.1. The van der Waals surface area contributed by atoms with Gasteiger partial charge in [-0.3, -0.25) is 9.59 Å². The maximum atomic E-state index is 12.2. The van der Waals surface area contributed by atoms with E-state index in [9.17, 15) is 9.59 Å².